The number of fused-ring (bicyclic) bond motifs is 3. The number of amides is 1. The summed E-state index contributed by atoms with van der Waals surface area (Å²) in [7, 11) is 0. The minimum absolute atomic E-state index is 0.0698. The summed E-state index contributed by atoms with van der Waals surface area (Å²) in [6, 6.07) is 12.0. The van der Waals surface area contributed by atoms with Gasteiger partial charge in [0.25, 0.3) is 0 Å². The Hall–Kier alpha value is -2.00. The van der Waals surface area contributed by atoms with Gasteiger partial charge in [-0.1, -0.05) is 30.7 Å². The molecule has 0 bridgehead atoms. The van der Waals surface area contributed by atoms with Crippen LogP contribution in [0.15, 0.2) is 36.4 Å². The molecule has 114 valence electrons. The Balaban J connectivity index is 1.99. The summed E-state index contributed by atoms with van der Waals surface area (Å²) in [4.78, 5) is 15.5. The zero-order chi connectivity index (χ0) is 15.7. The van der Waals surface area contributed by atoms with Crippen molar-refractivity contribution in [3.05, 3.63) is 47.0 Å². The average Bonchev–Trinajstić information content (AvgIpc) is 2.88. The van der Waals surface area contributed by atoms with Crippen LogP contribution in [0, 0.1) is 0 Å². The number of halogens is 1. The summed E-state index contributed by atoms with van der Waals surface area (Å²) in [5.41, 5.74) is 3.10. The molecule has 22 heavy (non-hydrogen) atoms. The minimum Gasteiger partial charge on any atom is -0.356 e. The summed E-state index contributed by atoms with van der Waals surface area (Å²) in [6.45, 7) is 4.70. The fourth-order valence-electron chi connectivity index (χ4n) is 2.72. The van der Waals surface area contributed by atoms with Crippen molar-refractivity contribution in [2.24, 2.45) is 0 Å². The fraction of sp³-hybridized carbons (Fsp3) is 0.278. The van der Waals surface area contributed by atoms with Crippen molar-refractivity contribution < 1.29 is 4.79 Å². The molecule has 0 aliphatic rings. The number of aromatic amines is 1. The van der Waals surface area contributed by atoms with Gasteiger partial charge in [-0.3, -0.25) is 4.79 Å². The second-order valence-corrected chi connectivity index (χ2v) is 6.07. The molecule has 4 heteroatoms. The van der Waals surface area contributed by atoms with Crippen molar-refractivity contribution in [3.8, 4) is 0 Å². The molecular weight excluding hydrogens is 296 g/mol. The van der Waals surface area contributed by atoms with Crippen LogP contribution >= 0.6 is 11.6 Å². The largest absolute Gasteiger partial charge is 0.356 e. The maximum absolute atomic E-state index is 12.1. The molecule has 1 unspecified atom stereocenters. The quantitative estimate of drug-likeness (QED) is 0.726. The molecule has 0 saturated heterocycles. The lowest BCUT2D eigenvalue weighted by Crippen LogP contribution is -2.28. The van der Waals surface area contributed by atoms with E-state index in [9.17, 15) is 4.79 Å². The molecule has 1 amide bonds. The van der Waals surface area contributed by atoms with Crippen molar-refractivity contribution in [3.63, 3.8) is 0 Å². The maximum atomic E-state index is 12.1. The van der Waals surface area contributed by atoms with Gasteiger partial charge in [-0.2, -0.15) is 0 Å². The number of nitrogens with one attached hydrogen (secondary N) is 2. The Labute approximate surface area is 134 Å². The summed E-state index contributed by atoms with van der Waals surface area (Å²) >= 11 is 6.08. The zero-order valence-electron chi connectivity index (χ0n) is 12.7. The molecule has 0 aliphatic carbocycles. The third-order valence-electron chi connectivity index (χ3n) is 4.03. The first kappa shape index (κ1) is 14.9. The van der Waals surface area contributed by atoms with Crippen LogP contribution in [0.3, 0.4) is 0 Å². The third kappa shape index (κ3) is 2.69. The Bertz CT molecular complexity index is 838. The predicted octanol–water partition coefficient (Wildman–Crippen LogP) is 4.60. The Morgan fingerprint density at radius 2 is 2.00 bits per heavy atom. The topological polar surface area (TPSA) is 44.9 Å². The minimum atomic E-state index is -0.161. The Morgan fingerprint density at radius 3 is 2.77 bits per heavy atom. The van der Waals surface area contributed by atoms with Crippen LogP contribution in [0.25, 0.3) is 21.8 Å². The summed E-state index contributed by atoms with van der Waals surface area (Å²) in [5, 5.41) is 5.91. The molecular formula is C18H19ClN2O. The molecule has 2 N–H and O–H groups in total. The number of hydrogen-bond acceptors (Lipinski definition) is 1. The fourth-order valence-corrected chi connectivity index (χ4v) is 2.89. The van der Waals surface area contributed by atoms with E-state index in [4.69, 9.17) is 11.6 Å². The molecule has 0 spiro atoms. The molecule has 1 heterocycles. The summed E-state index contributed by atoms with van der Waals surface area (Å²) < 4.78 is 0. The lowest BCUT2D eigenvalue weighted by molar-refractivity contribution is -0.122. The van der Waals surface area contributed by atoms with Crippen LogP contribution < -0.4 is 5.32 Å². The highest BCUT2D eigenvalue weighted by Gasteiger charge is 2.15. The second kappa shape index (κ2) is 6.01. The second-order valence-electron chi connectivity index (χ2n) is 5.63. The van der Waals surface area contributed by atoms with Gasteiger partial charge in [-0.05, 0) is 43.2 Å². The molecule has 0 fully saturated rings. The Morgan fingerprint density at radius 1 is 1.18 bits per heavy atom. The SMILES string of the molecule is CCCNC(=O)C(C)c1ccc2c(c1)[nH]c1ccc(Cl)cc12. The number of H-pyrrole nitrogens is 1. The maximum Gasteiger partial charge on any atom is 0.227 e. The van der Waals surface area contributed by atoms with Gasteiger partial charge >= 0.3 is 0 Å². The molecule has 1 atom stereocenters. The van der Waals surface area contributed by atoms with Gasteiger partial charge in [-0.25, -0.2) is 0 Å². The molecule has 3 nitrogen and oxygen atoms in total. The van der Waals surface area contributed by atoms with Gasteiger partial charge in [0.15, 0.2) is 0 Å². The van der Waals surface area contributed by atoms with E-state index in [0.717, 1.165) is 45.4 Å². The van der Waals surface area contributed by atoms with E-state index < -0.39 is 0 Å². The normalized spacial score (nSPS) is 12.7. The predicted molar refractivity (Wildman–Crippen MR) is 92.5 cm³/mol. The molecule has 3 rings (SSSR count). The van der Waals surface area contributed by atoms with E-state index in [1.54, 1.807) is 0 Å². The lowest BCUT2D eigenvalue weighted by atomic mass is 9.98. The van der Waals surface area contributed by atoms with Crippen LogP contribution in [0.4, 0.5) is 0 Å². The van der Waals surface area contributed by atoms with Crippen LogP contribution in [0.5, 0.6) is 0 Å². The van der Waals surface area contributed by atoms with Gasteiger partial charge in [0, 0.05) is 33.4 Å². The van der Waals surface area contributed by atoms with Gasteiger partial charge in [0.2, 0.25) is 5.91 Å². The number of benzene rings is 2. The highest BCUT2D eigenvalue weighted by atomic mass is 35.5. The van der Waals surface area contributed by atoms with Crippen LogP contribution in [-0.2, 0) is 4.79 Å². The lowest BCUT2D eigenvalue weighted by Gasteiger charge is -2.12. The third-order valence-corrected chi connectivity index (χ3v) is 4.26. The number of rotatable bonds is 4. The average molecular weight is 315 g/mol. The van der Waals surface area contributed by atoms with E-state index in [-0.39, 0.29) is 11.8 Å². The monoisotopic (exact) mass is 314 g/mol. The molecule has 0 saturated carbocycles. The van der Waals surface area contributed by atoms with Crippen molar-refractivity contribution in [2.75, 3.05) is 6.54 Å². The van der Waals surface area contributed by atoms with Gasteiger partial charge in [0.1, 0.15) is 0 Å². The highest BCUT2D eigenvalue weighted by Crippen LogP contribution is 2.30. The first-order valence-corrected chi connectivity index (χ1v) is 7.96. The van der Waals surface area contributed by atoms with Crippen LogP contribution in [0.1, 0.15) is 31.7 Å². The molecule has 2 aromatic carbocycles. The van der Waals surface area contributed by atoms with E-state index in [0.29, 0.717) is 0 Å². The molecule has 1 aromatic heterocycles. The molecule has 3 aromatic rings. The zero-order valence-corrected chi connectivity index (χ0v) is 13.5. The van der Waals surface area contributed by atoms with Gasteiger partial charge in [-0.15, -0.1) is 0 Å². The van der Waals surface area contributed by atoms with E-state index in [1.807, 2.05) is 38.1 Å². The first-order chi connectivity index (χ1) is 10.6. The van der Waals surface area contributed by atoms with Crippen LogP contribution in [-0.4, -0.2) is 17.4 Å². The smallest absolute Gasteiger partial charge is 0.227 e. The van der Waals surface area contributed by atoms with Crippen LogP contribution in [0.2, 0.25) is 5.02 Å². The number of carbonyl (C=O) groups is 1. The summed E-state index contributed by atoms with van der Waals surface area (Å²) in [6.07, 6.45) is 0.945. The van der Waals surface area contributed by atoms with E-state index in [1.165, 1.54) is 0 Å². The number of hydrogen-bond donors (Lipinski definition) is 2. The summed E-state index contributed by atoms with van der Waals surface area (Å²) in [5.74, 6) is -0.0914. The van der Waals surface area contributed by atoms with Crippen molar-refractivity contribution in [1.82, 2.24) is 10.3 Å². The number of aromatic nitrogens is 1. The van der Waals surface area contributed by atoms with E-state index in [2.05, 4.69) is 22.4 Å². The van der Waals surface area contributed by atoms with Crippen molar-refractivity contribution in [1.29, 1.82) is 0 Å². The van der Waals surface area contributed by atoms with Gasteiger partial charge < -0.3 is 10.3 Å². The standard InChI is InChI=1S/C18H19ClN2O/c1-3-8-20-18(22)11(2)12-4-6-14-15-10-13(19)5-7-16(15)21-17(14)9-12/h4-7,9-11,21H,3,8H2,1-2H3,(H,20,22). The number of carbonyl (C=O) groups excluding carboxylic acids is 1. The van der Waals surface area contributed by atoms with Crippen molar-refractivity contribution in [2.45, 2.75) is 26.2 Å². The Kier molecular flexibility index (Phi) is 4.08. The van der Waals surface area contributed by atoms with E-state index >= 15 is 0 Å². The first-order valence-electron chi connectivity index (χ1n) is 7.58. The molecule has 0 aliphatic heterocycles. The highest BCUT2D eigenvalue weighted by molar-refractivity contribution is 6.31. The van der Waals surface area contributed by atoms with Crippen molar-refractivity contribution >= 4 is 39.3 Å². The van der Waals surface area contributed by atoms with Gasteiger partial charge in [0.05, 0.1) is 5.92 Å². The molecule has 0 radical (unpaired) electrons.